The van der Waals surface area contributed by atoms with E-state index in [2.05, 4.69) is 15.6 Å². The first kappa shape index (κ1) is 18.0. The van der Waals surface area contributed by atoms with Crippen LogP contribution in [0, 0.1) is 0 Å². The van der Waals surface area contributed by atoms with Crippen LogP contribution in [0.4, 0.5) is 10.8 Å². The Labute approximate surface area is 167 Å². The van der Waals surface area contributed by atoms with Gasteiger partial charge in [-0.3, -0.25) is 4.79 Å². The van der Waals surface area contributed by atoms with Gasteiger partial charge in [-0.2, -0.15) is 0 Å². The maximum Gasteiger partial charge on any atom is 0.257 e. The van der Waals surface area contributed by atoms with Gasteiger partial charge in [0.1, 0.15) is 0 Å². The molecule has 6 heteroatoms. The second kappa shape index (κ2) is 8.11. The first-order chi connectivity index (χ1) is 13.2. The summed E-state index contributed by atoms with van der Waals surface area (Å²) in [6.07, 6.45) is 3.78. The van der Waals surface area contributed by atoms with Crippen molar-refractivity contribution in [3.8, 4) is 11.3 Å². The summed E-state index contributed by atoms with van der Waals surface area (Å²) in [6.45, 7) is 2.17. The van der Waals surface area contributed by atoms with Gasteiger partial charge in [-0.05, 0) is 43.5 Å². The van der Waals surface area contributed by atoms with Crippen molar-refractivity contribution in [2.24, 2.45) is 0 Å². The number of hydrogen-bond donors (Lipinski definition) is 1. The summed E-state index contributed by atoms with van der Waals surface area (Å²) in [4.78, 5) is 19.6. The summed E-state index contributed by atoms with van der Waals surface area (Å²) in [5.41, 5.74) is 3.12. The number of carbonyl (C=O) groups excluding carboxylic acids is 1. The molecule has 1 amide bonds. The summed E-state index contributed by atoms with van der Waals surface area (Å²) in [5, 5.41) is 6.52. The molecule has 0 aliphatic carbocycles. The van der Waals surface area contributed by atoms with Gasteiger partial charge in [0.25, 0.3) is 5.91 Å². The Hall–Kier alpha value is -2.37. The molecule has 1 aliphatic rings. The lowest BCUT2D eigenvalue weighted by Gasteiger charge is -2.25. The predicted octanol–water partition coefficient (Wildman–Crippen LogP) is 5.71. The van der Waals surface area contributed by atoms with Gasteiger partial charge in [0, 0.05) is 29.7 Å². The Kier molecular flexibility index (Phi) is 5.41. The van der Waals surface area contributed by atoms with Crippen molar-refractivity contribution in [2.45, 2.75) is 19.3 Å². The normalized spacial score (nSPS) is 14.2. The number of piperidine rings is 1. The Morgan fingerprint density at radius 1 is 1.07 bits per heavy atom. The minimum Gasteiger partial charge on any atom is -0.348 e. The highest BCUT2D eigenvalue weighted by atomic mass is 35.5. The number of rotatable bonds is 4. The van der Waals surface area contributed by atoms with Crippen LogP contribution in [0.1, 0.15) is 29.6 Å². The molecule has 138 valence electrons. The lowest BCUT2D eigenvalue weighted by Crippen LogP contribution is -2.29. The Morgan fingerprint density at radius 3 is 2.70 bits per heavy atom. The van der Waals surface area contributed by atoms with Gasteiger partial charge in [0.05, 0.1) is 16.3 Å². The number of hydrogen-bond acceptors (Lipinski definition) is 4. The van der Waals surface area contributed by atoms with Crippen molar-refractivity contribution < 1.29 is 4.79 Å². The van der Waals surface area contributed by atoms with E-state index >= 15 is 0 Å². The summed E-state index contributed by atoms with van der Waals surface area (Å²) < 4.78 is 0. The largest absolute Gasteiger partial charge is 0.348 e. The molecule has 0 saturated carbocycles. The van der Waals surface area contributed by atoms with E-state index in [0.29, 0.717) is 10.6 Å². The van der Waals surface area contributed by atoms with Crippen molar-refractivity contribution >= 4 is 39.7 Å². The van der Waals surface area contributed by atoms with Crippen LogP contribution in [0.2, 0.25) is 5.02 Å². The number of benzene rings is 2. The van der Waals surface area contributed by atoms with Gasteiger partial charge < -0.3 is 10.2 Å². The molecule has 4 rings (SSSR count). The molecule has 2 heterocycles. The third-order valence-corrected chi connectivity index (χ3v) is 5.88. The summed E-state index contributed by atoms with van der Waals surface area (Å²) >= 11 is 7.79. The Bertz CT molecular complexity index is 950. The minimum absolute atomic E-state index is 0.218. The number of nitrogens with zero attached hydrogens (tertiary/aromatic N) is 2. The fraction of sp³-hybridized carbons (Fsp3) is 0.238. The van der Waals surface area contributed by atoms with Crippen LogP contribution < -0.4 is 10.2 Å². The standard InChI is InChI=1S/C21H20ClN3OS/c22-18-10-3-2-9-17(18)20(26)23-16-8-6-7-15(13-16)19-14-27-21(24-19)25-11-4-1-5-12-25/h2-3,6-10,13-14H,1,4-5,11-12H2,(H,23,26). The quantitative estimate of drug-likeness (QED) is 0.613. The number of carbonyl (C=O) groups is 1. The molecule has 2 aromatic carbocycles. The predicted molar refractivity (Wildman–Crippen MR) is 113 cm³/mol. The van der Waals surface area contributed by atoms with E-state index in [0.717, 1.165) is 35.2 Å². The second-order valence-corrected chi connectivity index (χ2v) is 7.82. The van der Waals surface area contributed by atoms with Crippen molar-refractivity contribution in [3.05, 3.63) is 64.5 Å². The Balaban J connectivity index is 1.52. The molecule has 0 spiro atoms. The monoisotopic (exact) mass is 397 g/mol. The molecule has 0 atom stereocenters. The van der Waals surface area contributed by atoms with E-state index in [1.165, 1.54) is 19.3 Å². The molecular weight excluding hydrogens is 378 g/mol. The molecule has 1 aliphatic heterocycles. The van der Waals surface area contributed by atoms with Crippen molar-refractivity contribution in [3.63, 3.8) is 0 Å². The topological polar surface area (TPSA) is 45.2 Å². The van der Waals surface area contributed by atoms with E-state index in [1.807, 2.05) is 30.3 Å². The van der Waals surface area contributed by atoms with Gasteiger partial charge in [0.15, 0.2) is 5.13 Å². The zero-order chi connectivity index (χ0) is 18.6. The zero-order valence-corrected chi connectivity index (χ0v) is 16.4. The van der Waals surface area contributed by atoms with E-state index in [9.17, 15) is 4.79 Å². The molecule has 1 saturated heterocycles. The van der Waals surface area contributed by atoms with Gasteiger partial charge in [-0.15, -0.1) is 11.3 Å². The van der Waals surface area contributed by atoms with E-state index in [-0.39, 0.29) is 5.91 Å². The molecule has 0 bridgehead atoms. The van der Waals surface area contributed by atoms with Gasteiger partial charge in [-0.1, -0.05) is 35.9 Å². The molecular formula is C21H20ClN3OS. The van der Waals surface area contributed by atoms with Crippen LogP contribution in [0.25, 0.3) is 11.3 Å². The van der Waals surface area contributed by atoms with Crippen molar-refractivity contribution in [1.82, 2.24) is 4.98 Å². The Morgan fingerprint density at radius 2 is 1.89 bits per heavy atom. The van der Waals surface area contributed by atoms with Crippen LogP contribution in [0.15, 0.2) is 53.9 Å². The molecule has 0 unspecified atom stereocenters. The first-order valence-electron chi connectivity index (χ1n) is 9.07. The first-order valence-corrected chi connectivity index (χ1v) is 10.3. The number of halogens is 1. The molecule has 1 aromatic heterocycles. The molecule has 3 aromatic rings. The zero-order valence-electron chi connectivity index (χ0n) is 14.8. The minimum atomic E-state index is -0.218. The number of thiazole rings is 1. The summed E-state index contributed by atoms with van der Waals surface area (Å²) in [6, 6.07) is 14.8. The van der Waals surface area contributed by atoms with E-state index in [4.69, 9.17) is 16.6 Å². The molecule has 1 N–H and O–H groups in total. The smallest absolute Gasteiger partial charge is 0.257 e. The van der Waals surface area contributed by atoms with Gasteiger partial charge in [-0.25, -0.2) is 4.98 Å². The van der Waals surface area contributed by atoms with Crippen LogP contribution in [-0.2, 0) is 0 Å². The average molecular weight is 398 g/mol. The number of aromatic nitrogens is 1. The van der Waals surface area contributed by atoms with E-state index in [1.54, 1.807) is 29.5 Å². The number of anilines is 2. The van der Waals surface area contributed by atoms with E-state index < -0.39 is 0 Å². The highest BCUT2D eigenvalue weighted by Gasteiger charge is 2.15. The molecule has 1 fully saturated rings. The third kappa shape index (κ3) is 4.15. The lowest BCUT2D eigenvalue weighted by molar-refractivity contribution is 0.102. The number of nitrogens with one attached hydrogen (secondary N) is 1. The van der Waals surface area contributed by atoms with Crippen molar-refractivity contribution in [1.29, 1.82) is 0 Å². The van der Waals surface area contributed by atoms with Gasteiger partial charge in [0.2, 0.25) is 0 Å². The van der Waals surface area contributed by atoms with Crippen LogP contribution in [-0.4, -0.2) is 24.0 Å². The fourth-order valence-corrected chi connectivity index (χ4v) is 4.34. The SMILES string of the molecule is O=C(Nc1cccc(-c2csc(N3CCCCC3)n2)c1)c1ccccc1Cl. The summed E-state index contributed by atoms with van der Waals surface area (Å²) in [7, 11) is 0. The number of amides is 1. The molecule has 0 radical (unpaired) electrons. The average Bonchev–Trinajstić information content (AvgIpc) is 3.19. The van der Waals surface area contributed by atoms with Crippen LogP contribution >= 0.6 is 22.9 Å². The van der Waals surface area contributed by atoms with Crippen LogP contribution in [0.3, 0.4) is 0 Å². The second-order valence-electron chi connectivity index (χ2n) is 6.58. The molecule has 4 nitrogen and oxygen atoms in total. The van der Waals surface area contributed by atoms with Gasteiger partial charge >= 0.3 is 0 Å². The summed E-state index contributed by atoms with van der Waals surface area (Å²) in [5.74, 6) is -0.218. The highest BCUT2D eigenvalue weighted by Crippen LogP contribution is 2.30. The lowest BCUT2D eigenvalue weighted by atomic mass is 10.1. The maximum absolute atomic E-state index is 12.5. The van der Waals surface area contributed by atoms with Crippen LogP contribution in [0.5, 0.6) is 0 Å². The van der Waals surface area contributed by atoms with Crippen molar-refractivity contribution in [2.75, 3.05) is 23.3 Å². The maximum atomic E-state index is 12.5. The third-order valence-electron chi connectivity index (χ3n) is 4.65. The highest BCUT2D eigenvalue weighted by molar-refractivity contribution is 7.14. The fourth-order valence-electron chi connectivity index (χ4n) is 3.23. The molecule has 27 heavy (non-hydrogen) atoms.